The molecule has 0 bridgehead atoms. The summed E-state index contributed by atoms with van der Waals surface area (Å²) in [6.45, 7) is 4.91. The molecule has 0 spiro atoms. The van der Waals surface area contributed by atoms with Crippen molar-refractivity contribution in [2.45, 2.75) is 74.0 Å². The van der Waals surface area contributed by atoms with Gasteiger partial charge in [0.2, 0.25) is 11.7 Å². The largest absolute Gasteiger partial charge is 0.451 e. The zero-order valence-electron chi connectivity index (χ0n) is 33.7. The van der Waals surface area contributed by atoms with Crippen molar-refractivity contribution in [2.24, 2.45) is 28.9 Å². The van der Waals surface area contributed by atoms with Crippen molar-refractivity contribution in [3.63, 3.8) is 0 Å². The molecule has 17 N–H and O–H groups in total. The van der Waals surface area contributed by atoms with E-state index >= 15 is 0 Å². The predicted molar refractivity (Wildman–Crippen MR) is 255 cm³/mol. The summed E-state index contributed by atoms with van der Waals surface area (Å²) in [6, 6.07) is 0. The Bertz CT molecular complexity index is 891. The van der Waals surface area contributed by atoms with Gasteiger partial charge in [0.1, 0.15) is 12.5 Å². The molecule has 0 saturated heterocycles. The van der Waals surface area contributed by atoms with E-state index < -0.39 is 0 Å². The number of methoxy groups -OCH3 is 1. The average molecular weight is 908 g/mol. The quantitative estimate of drug-likeness (QED) is 0.00849. The molecule has 2 rings (SSSR count). The maximum Gasteiger partial charge on any atom is 0.333 e. The molecule has 0 aliphatic heterocycles. The molecule has 308 valence electrons. The van der Waals surface area contributed by atoms with Crippen LogP contribution in [0.15, 0.2) is 0 Å². The lowest BCUT2D eigenvalue weighted by atomic mass is 9.87. The van der Waals surface area contributed by atoms with E-state index in [1.165, 1.54) is 25.7 Å². The number of hydrogen-bond donors (Lipinski definition) is 9. The average Bonchev–Trinajstić information content (AvgIpc) is 3.17. The van der Waals surface area contributed by atoms with Crippen molar-refractivity contribution in [1.29, 1.82) is 0 Å². The van der Waals surface area contributed by atoms with Gasteiger partial charge in [0.25, 0.3) is 0 Å². The topological polar surface area (TPSA) is 244 Å². The van der Waals surface area contributed by atoms with Crippen molar-refractivity contribution >= 4 is 130 Å². The summed E-state index contributed by atoms with van der Waals surface area (Å²) in [5, 5.41) is 22.1. The molecule has 21 heteroatoms. The smallest absolute Gasteiger partial charge is 0.333 e. The van der Waals surface area contributed by atoms with E-state index in [0.29, 0.717) is 11.6 Å². The number of rotatable bonds is 27. The van der Waals surface area contributed by atoms with Gasteiger partial charge in [-0.1, -0.05) is 50.1 Å². The van der Waals surface area contributed by atoms with Gasteiger partial charge in [-0.2, -0.15) is 44.4 Å². The summed E-state index contributed by atoms with van der Waals surface area (Å²) in [6.07, 6.45) is 11.0. The molecule has 11 nitrogen and oxygen atoms in total. The van der Waals surface area contributed by atoms with E-state index in [-0.39, 0.29) is 12.1 Å². The second kappa shape index (κ2) is 43.3. The summed E-state index contributed by atoms with van der Waals surface area (Å²) < 4.78 is 14.8. The lowest BCUT2D eigenvalue weighted by Gasteiger charge is -2.35. The van der Waals surface area contributed by atoms with Crippen LogP contribution < -0.4 is 43.7 Å². The first kappa shape index (κ1) is 55.3. The third-order valence-corrected chi connectivity index (χ3v) is 17.3. The Hall–Kier alpha value is 1.21. The summed E-state index contributed by atoms with van der Waals surface area (Å²) in [5.74, 6) is 11.5. The third kappa shape index (κ3) is 35.6. The van der Waals surface area contributed by atoms with Crippen LogP contribution >= 0.6 is 99.3 Å². The second-order valence-corrected chi connectivity index (χ2v) is 21.6. The van der Waals surface area contributed by atoms with Crippen molar-refractivity contribution in [3.05, 3.63) is 0 Å². The van der Waals surface area contributed by atoms with Crippen molar-refractivity contribution < 1.29 is 39.1 Å². The number of hydrogen-bond acceptors (Lipinski definition) is 12. The minimum Gasteiger partial charge on any atom is -0.451 e. The standard InChI is InChI=1S/C15H30N4S4.C8H16N2O2S2.C8H18N2S2.BH2P.H2O.H2/c1-12-3-4-13(12)21-11-19-15(17)6-9-23-22-8-5-14(16)18-7-10-20-2;1-12-8(10)3-5-14-13-4-2-7(9)6-11;9-3-5-11-7-1-2-8(7)12-6-4-10;1-2;;/h12-13H,3-11H2,1-2H3,(H2,16,18)(H2,17,19);9-11H,2-6H2,1H3;7-8H,1-6,9-10H2;2H2;1H2;1H/p+4/i;;;;;1+2D. The monoisotopic (exact) mass is 907 g/mol. The van der Waals surface area contributed by atoms with E-state index in [1.54, 1.807) is 28.7 Å². The zero-order chi connectivity index (χ0) is 40.5. The van der Waals surface area contributed by atoms with Crippen LogP contribution in [0, 0.1) is 5.92 Å². The number of aliphatic hydroxyl groups is 1. The summed E-state index contributed by atoms with van der Waals surface area (Å²) in [7, 11) is 15.1. The number of amidine groups is 2. The second-order valence-electron chi connectivity index (χ2n) is 11.3. The summed E-state index contributed by atoms with van der Waals surface area (Å²) in [5.41, 5.74) is 23.5. The maximum atomic E-state index is 8.63. The van der Waals surface area contributed by atoms with Crippen LogP contribution in [0.3, 0.4) is 0 Å². The van der Waals surface area contributed by atoms with Crippen LogP contribution in [0.1, 0.15) is 61.3 Å². The van der Waals surface area contributed by atoms with Crippen LogP contribution in [0.25, 0.3) is 0 Å². The minimum atomic E-state index is -0.0182. The number of thioether (sulfide) groups is 4. The van der Waals surface area contributed by atoms with Gasteiger partial charge in [0.15, 0.2) is 5.71 Å². The zero-order valence-corrected chi connectivity index (χ0v) is 39.4. The van der Waals surface area contributed by atoms with Gasteiger partial charge < -0.3 is 26.8 Å². The highest BCUT2D eigenvalue weighted by atomic mass is 33.1. The van der Waals surface area contributed by atoms with Gasteiger partial charge >= 0.3 is 5.90 Å². The Morgan fingerprint density at radius 2 is 1.29 bits per heavy atom. The van der Waals surface area contributed by atoms with E-state index in [0.717, 1.165) is 125 Å². The first-order chi connectivity index (χ1) is 25.7. The van der Waals surface area contributed by atoms with Gasteiger partial charge in [-0.25, -0.2) is 5.41 Å². The van der Waals surface area contributed by atoms with Crippen LogP contribution in [-0.2, 0) is 4.74 Å². The Balaban J connectivity index is -0.000000348. The number of aliphatic hydroxyl groups excluding tert-OH is 1. The molecular weight excluding hydrogens is 831 g/mol. The summed E-state index contributed by atoms with van der Waals surface area (Å²) in [4.78, 5) is 6.59. The molecule has 5 atom stereocenters. The molecule has 0 heterocycles. The van der Waals surface area contributed by atoms with Crippen molar-refractivity contribution in [1.82, 2.24) is 0 Å². The first-order valence-electron chi connectivity index (χ1n) is 18.3. The lowest BCUT2D eigenvalue weighted by Crippen LogP contribution is -2.76. The molecule has 0 amide bonds. The highest BCUT2D eigenvalue weighted by Gasteiger charge is 2.30. The molecule has 0 aromatic rings. The molecule has 2 saturated carbocycles. The van der Waals surface area contributed by atoms with Crippen LogP contribution in [0.4, 0.5) is 0 Å². The molecule has 2 fully saturated rings. The normalized spacial score (nSPS) is 19.3. The molecule has 5 unspecified atom stereocenters. The lowest BCUT2D eigenvalue weighted by molar-refractivity contribution is -0.453. The third-order valence-electron chi connectivity index (χ3n) is 7.33. The van der Waals surface area contributed by atoms with E-state index in [1.807, 2.05) is 77.8 Å². The van der Waals surface area contributed by atoms with E-state index in [2.05, 4.69) is 30.7 Å². The van der Waals surface area contributed by atoms with Gasteiger partial charge in [0, 0.05) is 78.5 Å². The fraction of sp³-hybridized carbons (Fsp3) is 0.871. The number of nitrogens with two attached hydrogens (primary N) is 6. The van der Waals surface area contributed by atoms with Crippen LogP contribution in [-0.4, -0.2) is 143 Å². The Kier molecular flexibility index (Phi) is 46.1. The SMILES string of the molecule is COC(=[NH2+])CCSSCCC(=[NH2+])CO.CSCC[NH+]=C(N)CCSSCCC(N)=[NH+]CSC1CCC1C.NCCSC1CCC1SCCN.O.[2H][3H].[B]P. The van der Waals surface area contributed by atoms with E-state index in [9.17, 15) is 0 Å². The van der Waals surface area contributed by atoms with Crippen LogP contribution in [0.2, 0.25) is 0 Å². The Morgan fingerprint density at radius 1 is 0.808 bits per heavy atom. The highest BCUT2D eigenvalue weighted by Crippen LogP contribution is 2.39. The van der Waals surface area contributed by atoms with Crippen LogP contribution in [0.5, 0.6) is 0 Å². The first-order valence-corrected chi connectivity index (χ1v) is 27.5. The molecule has 52 heavy (non-hydrogen) atoms. The van der Waals surface area contributed by atoms with Gasteiger partial charge in [-0.15, -0.1) is 11.8 Å². The molecule has 0 aromatic heterocycles. The van der Waals surface area contributed by atoms with E-state index in [4.69, 9.17) is 46.6 Å². The number of ether oxygens (including phenoxy) is 1. The van der Waals surface area contributed by atoms with Gasteiger partial charge in [-0.05, 0) is 37.9 Å². The molecule has 0 aromatic carbocycles. The minimum absolute atomic E-state index is 0. The molecule has 2 aliphatic carbocycles. The Labute approximate surface area is 355 Å². The molecular formula is C31H74BN8O3PS8+4. The Morgan fingerprint density at radius 3 is 1.69 bits per heavy atom. The molecule has 2 aliphatic rings. The highest BCUT2D eigenvalue weighted by molar-refractivity contribution is 8.77. The maximum absolute atomic E-state index is 8.63. The van der Waals surface area contributed by atoms with Crippen molar-refractivity contribution in [2.75, 3.05) is 85.8 Å². The molecule has 2 radical (unpaired) electrons. The number of nitrogens with one attached hydrogen (secondary N) is 2. The van der Waals surface area contributed by atoms with Gasteiger partial charge in [0.05, 0.1) is 40.5 Å². The fourth-order valence-corrected chi connectivity index (χ4v) is 12.2. The van der Waals surface area contributed by atoms with Crippen molar-refractivity contribution in [3.8, 4) is 0 Å². The summed E-state index contributed by atoms with van der Waals surface area (Å²) >= 11 is 7.91. The van der Waals surface area contributed by atoms with Gasteiger partial charge in [-0.3, -0.25) is 26.9 Å². The fourth-order valence-electron chi connectivity index (χ4n) is 3.91. The predicted octanol–water partition coefficient (Wildman–Crippen LogP) is -1.71.